The number of thiophene rings is 1. The number of ketones is 1. The Balaban J connectivity index is 1.47. The Hall–Kier alpha value is -2.87. The molecule has 2 heterocycles. The van der Waals surface area contributed by atoms with Gasteiger partial charge in [0.15, 0.2) is 23.4 Å². The topological polar surface area (TPSA) is 90.9 Å². The van der Waals surface area contributed by atoms with Crippen LogP contribution in [0.2, 0.25) is 0 Å². The number of anilines is 1. The fourth-order valence-electron chi connectivity index (χ4n) is 2.79. The molecule has 1 atom stereocenters. The highest BCUT2D eigenvalue weighted by atomic mass is 32.1. The van der Waals surface area contributed by atoms with Crippen LogP contribution in [0.25, 0.3) is 0 Å². The van der Waals surface area contributed by atoms with Gasteiger partial charge in [-0.15, -0.1) is 11.3 Å². The molecule has 7 nitrogen and oxygen atoms in total. The molecule has 0 aliphatic carbocycles. The smallest absolute Gasteiger partial charge is 0.307 e. The Morgan fingerprint density at radius 3 is 2.61 bits per heavy atom. The normalized spacial score (nSPS) is 13.1. The number of carbonyl (C=O) groups is 3. The van der Waals surface area contributed by atoms with E-state index in [-0.39, 0.29) is 25.4 Å². The molecule has 1 N–H and O–H groups in total. The molecule has 28 heavy (non-hydrogen) atoms. The monoisotopic (exact) mass is 403 g/mol. The van der Waals surface area contributed by atoms with Crippen molar-refractivity contribution in [2.45, 2.75) is 39.7 Å². The number of hydrogen-bond acceptors (Lipinski definition) is 7. The minimum absolute atomic E-state index is 0.0480. The number of aryl methyl sites for hydroxylation is 2. The summed E-state index contributed by atoms with van der Waals surface area (Å²) in [5, 5.41) is 2.66. The van der Waals surface area contributed by atoms with Gasteiger partial charge in [0, 0.05) is 33.5 Å². The lowest BCUT2D eigenvalue weighted by atomic mass is 10.1. The molecular weight excluding hydrogens is 382 g/mol. The summed E-state index contributed by atoms with van der Waals surface area (Å²) in [5.74, 6) is -0.0106. The Morgan fingerprint density at radius 2 is 1.89 bits per heavy atom. The zero-order valence-electron chi connectivity index (χ0n) is 15.9. The van der Waals surface area contributed by atoms with Crippen LogP contribution in [0.1, 0.15) is 39.9 Å². The fourth-order valence-corrected chi connectivity index (χ4v) is 3.73. The van der Waals surface area contributed by atoms with Crippen molar-refractivity contribution in [1.82, 2.24) is 0 Å². The number of rotatable bonds is 7. The Kier molecular flexibility index (Phi) is 5.99. The maximum Gasteiger partial charge on any atom is 0.307 e. The van der Waals surface area contributed by atoms with Crippen LogP contribution in [0.15, 0.2) is 24.3 Å². The Bertz CT molecular complexity index is 919. The molecule has 2 aromatic rings. The van der Waals surface area contributed by atoms with Crippen molar-refractivity contribution in [3.05, 3.63) is 39.6 Å². The average molecular weight is 403 g/mol. The zero-order chi connectivity index (χ0) is 20.3. The maximum absolute atomic E-state index is 12.2. The molecule has 1 aliphatic heterocycles. The van der Waals surface area contributed by atoms with Gasteiger partial charge >= 0.3 is 5.97 Å². The lowest BCUT2D eigenvalue weighted by molar-refractivity contribution is -0.153. The first-order valence-electron chi connectivity index (χ1n) is 8.83. The molecule has 0 fully saturated rings. The van der Waals surface area contributed by atoms with Crippen molar-refractivity contribution in [2.75, 3.05) is 12.1 Å². The van der Waals surface area contributed by atoms with E-state index in [4.69, 9.17) is 14.2 Å². The fraction of sp³-hybridized carbons (Fsp3) is 0.350. The molecule has 1 aliphatic rings. The molecular formula is C20H21NO6S. The van der Waals surface area contributed by atoms with Crippen molar-refractivity contribution in [3.8, 4) is 11.5 Å². The van der Waals surface area contributed by atoms with E-state index in [1.54, 1.807) is 29.5 Å². The van der Waals surface area contributed by atoms with E-state index in [0.29, 0.717) is 22.7 Å². The Morgan fingerprint density at radius 1 is 1.14 bits per heavy atom. The van der Waals surface area contributed by atoms with Gasteiger partial charge in [0.2, 0.25) is 6.79 Å². The molecule has 0 bridgehead atoms. The standard InChI is InChI=1S/C20H21NO6S/c1-11-8-15(13(3)28-11)16(22)5-7-19(23)27-12(2)20(24)21-14-4-6-17-18(9-14)26-10-25-17/h4,6,8-9,12H,5,7,10H2,1-3H3,(H,21,24)/t12-/m0/s1. The molecule has 0 spiro atoms. The first kappa shape index (κ1) is 19.9. The summed E-state index contributed by atoms with van der Waals surface area (Å²) in [4.78, 5) is 38.5. The van der Waals surface area contributed by atoms with Crippen molar-refractivity contribution < 1.29 is 28.6 Å². The van der Waals surface area contributed by atoms with E-state index < -0.39 is 18.0 Å². The average Bonchev–Trinajstić information content (AvgIpc) is 3.24. The summed E-state index contributed by atoms with van der Waals surface area (Å²) in [6.07, 6.45) is -1.01. The Labute approximate surface area is 166 Å². The number of nitrogens with one attached hydrogen (secondary N) is 1. The van der Waals surface area contributed by atoms with Gasteiger partial charge < -0.3 is 19.5 Å². The third kappa shape index (κ3) is 4.69. The number of Topliss-reactive ketones (excluding diaryl/α,β-unsaturated/α-hetero) is 1. The highest BCUT2D eigenvalue weighted by molar-refractivity contribution is 7.12. The first-order valence-corrected chi connectivity index (χ1v) is 9.65. The minimum Gasteiger partial charge on any atom is -0.454 e. The number of ether oxygens (including phenoxy) is 3. The third-order valence-corrected chi connectivity index (χ3v) is 5.18. The van der Waals surface area contributed by atoms with Gasteiger partial charge in [-0.1, -0.05) is 0 Å². The van der Waals surface area contributed by atoms with E-state index in [2.05, 4.69) is 5.32 Å². The second-order valence-corrected chi connectivity index (χ2v) is 7.90. The molecule has 8 heteroatoms. The summed E-state index contributed by atoms with van der Waals surface area (Å²) in [6, 6.07) is 6.83. The number of amides is 1. The largest absolute Gasteiger partial charge is 0.454 e. The van der Waals surface area contributed by atoms with Gasteiger partial charge in [-0.3, -0.25) is 14.4 Å². The van der Waals surface area contributed by atoms with Gasteiger partial charge in [-0.2, -0.15) is 0 Å². The second kappa shape index (κ2) is 8.43. The van der Waals surface area contributed by atoms with Crippen LogP contribution in [-0.2, 0) is 14.3 Å². The molecule has 0 saturated heterocycles. The molecule has 1 aromatic carbocycles. The second-order valence-electron chi connectivity index (χ2n) is 6.44. The van der Waals surface area contributed by atoms with Crippen molar-refractivity contribution >= 4 is 34.7 Å². The van der Waals surface area contributed by atoms with Crippen LogP contribution < -0.4 is 14.8 Å². The van der Waals surface area contributed by atoms with Gasteiger partial charge in [0.25, 0.3) is 5.91 Å². The predicted molar refractivity (Wildman–Crippen MR) is 104 cm³/mol. The van der Waals surface area contributed by atoms with Crippen LogP contribution in [0, 0.1) is 13.8 Å². The highest BCUT2D eigenvalue weighted by Gasteiger charge is 2.21. The summed E-state index contributed by atoms with van der Waals surface area (Å²) in [6.45, 7) is 5.44. The van der Waals surface area contributed by atoms with Gasteiger partial charge in [0.05, 0.1) is 6.42 Å². The van der Waals surface area contributed by atoms with E-state index in [9.17, 15) is 14.4 Å². The summed E-state index contributed by atoms with van der Waals surface area (Å²) < 4.78 is 15.6. The molecule has 0 unspecified atom stereocenters. The first-order chi connectivity index (χ1) is 13.3. The molecule has 0 radical (unpaired) electrons. The third-order valence-electron chi connectivity index (χ3n) is 4.22. The van der Waals surface area contributed by atoms with E-state index in [1.165, 1.54) is 6.92 Å². The summed E-state index contributed by atoms with van der Waals surface area (Å²) >= 11 is 1.55. The molecule has 3 rings (SSSR count). The SMILES string of the molecule is Cc1cc(C(=O)CCC(=O)O[C@@H](C)C(=O)Nc2ccc3c(c2)OCO3)c(C)s1. The van der Waals surface area contributed by atoms with E-state index >= 15 is 0 Å². The maximum atomic E-state index is 12.2. The van der Waals surface area contributed by atoms with Crippen molar-refractivity contribution in [2.24, 2.45) is 0 Å². The molecule has 0 saturated carbocycles. The number of benzene rings is 1. The van der Waals surface area contributed by atoms with Gasteiger partial charge in [-0.25, -0.2) is 0 Å². The van der Waals surface area contributed by atoms with E-state index in [1.807, 2.05) is 19.9 Å². The van der Waals surface area contributed by atoms with Crippen LogP contribution in [-0.4, -0.2) is 30.6 Å². The lowest BCUT2D eigenvalue weighted by Crippen LogP contribution is -2.30. The lowest BCUT2D eigenvalue weighted by Gasteiger charge is -2.13. The molecule has 1 aromatic heterocycles. The van der Waals surface area contributed by atoms with Crippen molar-refractivity contribution in [1.29, 1.82) is 0 Å². The van der Waals surface area contributed by atoms with Crippen LogP contribution in [0.3, 0.4) is 0 Å². The number of esters is 1. The number of carbonyl (C=O) groups excluding carboxylic acids is 3. The molecule has 148 valence electrons. The quantitative estimate of drug-likeness (QED) is 0.561. The van der Waals surface area contributed by atoms with Gasteiger partial charge in [-0.05, 0) is 39.0 Å². The van der Waals surface area contributed by atoms with Crippen LogP contribution >= 0.6 is 11.3 Å². The zero-order valence-corrected chi connectivity index (χ0v) is 16.7. The van der Waals surface area contributed by atoms with Crippen LogP contribution in [0.5, 0.6) is 11.5 Å². The number of hydrogen-bond donors (Lipinski definition) is 1. The summed E-state index contributed by atoms with van der Waals surface area (Å²) in [5.41, 5.74) is 1.15. The number of fused-ring (bicyclic) bond motifs is 1. The molecule has 1 amide bonds. The van der Waals surface area contributed by atoms with E-state index in [0.717, 1.165) is 9.75 Å². The summed E-state index contributed by atoms with van der Waals surface area (Å²) in [7, 11) is 0. The van der Waals surface area contributed by atoms with Crippen molar-refractivity contribution in [3.63, 3.8) is 0 Å². The van der Waals surface area contributed by atoms with Gasteiger partial charge in [0.1, 0.15) is 0 Å². The minimum atomic E-state index is -0.988. The highest BCUT2D eigenvalue weighted by Crippen LogP contribution is 2.34. The van der Waals surface area contributed by atoms with Crippen LogP contribution in [0.4, 0.5) is 5.69 Å². The predicted octanol–water partition coefficient (Wildman–Crippen LogP) is 3.63.